The fraction of sp³-hybridized carbons (Fsp3) is 0.773. The minimum Gasteiger partial charge on any atom is -0.481 e. The highest BCUT2D eigenvalue weighted by Gasteiger charge is 2.36. The first-order chi connectivity index (χ1) is 12.2. The monoisotopic (exact) mass is 346 g/mol. The Hall–Kier alpha value is -1.45. The molecule has 3 heteroatoms. The van der Waals surface area contributed by atoms with Crippen LogP contribution in [0.1, 0.15) is 96.8 Å². The van der Waals surface area contributed by atoms with E-state index in [1.165, 1.54) is 38.5 Å². The average Bonchev–Trinajstić information content (AvgIpc) is 3.33. The number of hydrogen-bond donors (Lipinski definition) is 1. The van der Waals surface area contributed by atoms with Gasteiger partial charge >= 0.3 is 5.97 Å². The molecule has 0 spiro atoms. The van der Waals surface area contributed by atoms with Crippen LogP contribution in [0.4, 0.5) is 0 Å². The first kappa shape index (κ1) is 21.6. The van der Waals surface area contributed by atoms with Gasteiger partial charge in [-0.3, -0.25) is 4.79 Å². The van der Waals surface area contributed by atoms with Crippen molar-refractivity contribution in [2.24, 2.45) is 0 Å². The third-order valence-corrected chi connectivity index (χ3v) is 4.48. The zero-order valence-electron chi connectivity index (χ0n) is 15.8. The smallest absolute Gasteiger partial charge is 0.303 e. The molecule has 1 fully saturated rings. The number of carbonyl (C=O) groups is 1. The first-order valence-corrected chi connectivity index (χ1v) is 10.1. The number of ether oxygens (including phenoxy) is 1. The quantitative estimate of drug-likeness (QED) is 0.263. The summed E-state index contributed by atoms with van der Waals surface area (Å²) in [7, 11) is 0. The topological polar surface area (TPSA) is 49.8 Å². The van der Waals surface area contributed by atoms with Crippen molar-refractivity contribution in [3.8, 4) is 23.7 Å². The van der Waals surface area contributed by atoms with E-state index >= 15 is 0 Å². The van der Waals surface area contributed by atoms with E-state index in [0.717, 1.165) is 44.9 Å². The summed E-state index contributed by atoms with van der Waals surface area (Å²) in [5, 5.41) is 8.56. The summed E-state index contributed by atoms with van der Waals surface area (Å²) in [5.74, 6) is 11.4. The molecule has 3 nitrogen and oxygen atoms in total. The van der Waals surface area contributed by atoms with Gasteiger partial charge in [0.2, 0.25) is 0 Å². The number of aliphatic carboxylic acids is 1. The van der Waals surface area contributed by atoms with Gasteiger partial charge in [0.05, 0.1) is 6.10 Å². The van der Waals surface area contributed by atoms with Crippen LogP contribution in [0.2, 0.25) is 0 Å². The van der Waals surface area contributed by atoms with Crippen LogP contribution in [0.25, 0.3) is 0 Å². The van der Waals surface area contributed by atoms with E-state index in [0.29, 0.717) is 12.5 Å². The van der Waals surface area contributed by atoms with Crippen LogP contribution >= 0.6 is 0 Å². The Labute approximate surface area is 153 Å². The summed E-state index contributed by atoms with van der Waals surface area (Å²) in [4.78, 5) is 10.4. The molecule has 0 aliphatic carbocycles. The maximum Gasteiger partial charge on any atom is 0.303 e. The van der Waals surface area contributed by atoms with Gasteiger partial charge in [0.1, 0.15) is 6.10 Å². The molecule has 25 heavy (non-hydrogen) atoms. The van der Waals surface area contributed by atoms with Crippen molar-refractivity contribution in [1.82, 2.24) is 0 Å². The van der Waals surface area contributed by atoms with Crippen molar-refractivity contribution >= 4 is 5.97 Å². The lowest BCUT2D eigenvalue weighted by Gasteiger charge is -1.98. The predicted octanol–water partition coefficient (Wildman–Crippen LogP) is 5.33. The van der Waals surface area contributed by atoms with E-state index in [9.17, 15) is 4.79 Å². The van der Waals surface area contributed by atoms with Gasteiger partial charge in [0, 0.05) is 12.8 Å². The van der Waals surface area contributed by atoms with Crippen LogP contribution in [0.15, 0.2) is 0 Å². The van der Waals surface area contributed by atoms with Crippen LogP contribution in [0.3, 0.4) is 0 Å². The van der Waals surface area contributed by atoms with Gasteiger partial charge in [-0.05, 0) is 31.1 Å². The molecule has 0 amide bonds. The number of epoxide rings is 1. The lowest BCUT2D eigenvalue weighted by molar-refractivity contribution is -0.137. The van der Waals surface area contributed by atoms with Crippen molar-refractivity contribution in [1.29, 1.82) is 0 Å². The van der Waals surface area contributed by atoms with Gasteiger partial charge in [-0.1, -0.05) is 76.6 Å². The Morgan fingerprint density at radius 1 is 0.920 bits per heavy atom. The zero-order chi connectivity index (χ0) is 18.2. The average molecular weight is 347 g/mol. The van der Waals surface area contributed by atoms with Crippen LogP contribution in [0, 0.1) is 23.7 Å². The third-order valence-electron chi connectivity index (χ3n) is 4.48. The van der Waals surface area contributed by atoms with Crippen molar-refractivity contribution in [3.05, 3.63) is 0 Å². The van der Waals surface area contributed by atoms with Crippen molar-refractivity contribution < 1.29 is 14.6 Å². The molecule has 0 aromatic rings. The molecule has 1 heterocycles. The Bertz CT molecular complexity index is 475. The van der Waals surface area contributed by atoms with Gasteiger partial charge in [-0.2, -0.15) is 0 Å². The molecular weight excluding hydrogens is 312 g/mol. The second-order valence-electron chi connectivity index (χ2n) is 6.88. The molecule has 0 radical (unpaired) electrons. The molecule has 140 valence electrons. The van der Waals surface area contributed by atoms with Crippen LogP contribution in [-0.2, 0) is 9.53 Å². The van der Waals surface area contributed by atoms with Gasteiger partial charge in [-0.25, -0.2) is 0 Å². The van der Waals surface area contributed by atoms with Crippen molar-refractivity contribution in [2.75, 3.05) is 0 Å². The first-order valence-electron chi connectivity index (χ1n) is 10.1. The highest BCUT2D eigenvalue weighted by atomic mass is 16.6. The maximum absolute atomic E-state index is 10.4. The number of unbranched alkanes of at least 4 members (excludes halogenated alkanes) is 10. The van der Waals surface area contributed by atoms with Crippen LogP contribution in [-0.4, -0.2) is 23.3 Å². The SMILES string of the molecule is CCCCCCCCC#CC#CC1OC1CCCCCCCC(=O)O. The molecule has 2 unspecified atom stereocenters. The Morgan fingerprint density at radius 2 is 1.60 bits per heavy atom. The minimum absolute atomic E-state index is 0.0929. The fourth-order valence-electron chi connectivity index (χ4n) is 2.85. The van der Waals surface area contributed by atoms with Crippen LogP contribution < -0.4 is 0 Å². The number of rotatable bonds is 14. The van der Waals surface area contributed by atoms with E-state index in [1.807, 2.05) is 0 Å². The van der Waals surface area contributed by atoms with Crippen molar-refractivity contribution in [2.45, 2.75) is 109 Å². The number of carboxylic acid groups (broad SMARTS) is 1. The molecule has 1 N–H and O–H groups in total. The van der Waals surface area contributed by atoms with E-state index in [1.54, 1.807) is 0 Å². The van der Waals surface area contributed by atoms with Gasteiger partial charge < -0.3 is 9.84 Å². The second kappa shape index (κ2) is 14.9. The van der Waals surface area contributed by atoms with Gasteiger partial charge in [0.25, 0.3) is 0 Å². The van der Waals surface area contributed by atoms with E-state index in [4.69, 9.17) is 9.84 Å². The molecule has 0 aromatic heterocycles. The molecule has 0 bridgehead atoms. The summed E-state index contributed by atoms with van der Waals surface area (Å²) >= 11 is 0. The summed E-state index contributed by atoms with van der Waals surface area (Å²) in [6.07, 6.45) is 15.7. The number of hydrogen-bond acceptors (Lipinski definition) is 2. The fourth-order valence-corrected chi connectivity index (χ4v) is 2.85. The Morgan fingerprint density at radius 3 is 2.36 bits per heavy atom. The highest BCUT2D eigenvalue weighted by molar-refractivity contribution is 5.66. The third kappa shape index (κ3) is 13.5. The van der Waals surface area contributed by atoms with E-state index in [-0.39, 0.29) is 6.10 Å². The summed E-state index contributed by atoms with van der Waals surface area (Å²) < 4.78 is 5.54. The van der Waals surface area contributed by atoms with Gasteiger partial charge in [0.15, 0.2) is 0 Å². The molecule has 1 rings (SSSR count). The molecule has 2 atom stereocenters. The maximum atomic E-state index is 10.4. The highest BCUT2D eigenvalue weighted by Crippen LogP contribution is 2.26. The van der Waals surface area contributed by atoms with Crippen LogP contribution in [0.5, 0.6) is 0 Å². The molecule has 0 saturated carbocycles. The molecular formula is C22H34O3. The summed E-state index contributed by atoms with van der Waals surface area (Å²) in [6, 6.07) is 0. The molecule has 1 aliphatic rings. The van der Waals surface area contributed by atoms with Crippen molar-refractivity contribution in [3.63, 3.8) is 0 Å². The molecule has 0 aromatic carbocycles. The minimum atomic E-state index is -0.692. The predicted molar refractivity (Wildman–Crippen MR) is 102 cm³/mol. The Kier molecular flexibility index (Phi) is 12.8. The molecule has 1 aliphatic heterocycles. The van der Waals surface area contributed by atoms with E-state index < -0.39 is 5.97 Å². The number of carboxylic acids is 1. The standard InChI is InChI=1S/C22H34O3/c1-2-3-4-5-6-7-8-9-11-14-17-20-21(25-20)18-15-12-10-13-16-19-22(23)24/h20-21H,2-8,10,12-13,15-16,18-19H2,1H3,(H,23,24). The molecule has 1 saturated heterocycles. The normalized spacial score (nSPS) is 18.0. The summed E-state index contributed by atoms with van der Waals surface area (Å²) in [6.45, 7) is 2.24. The lowest BCUT2D eigenvalue weighted by Crippen LogP contribution is -1.94. The Balaban J connectivity index is 1.90. The largest absolute Gasteiger partial charge is 0.481 e. The second-order valence-corrected chi connectivity index (χ2v) is 6.88. The zero-order valence-corrected chi connectivity index (χ0v) is 15.8. The van der Waals surface area contributed by atoms with Gasteiger partial charge in [-0.15, -0.1) is 0 Å². The summed E-state index contributed by atoms with van der Waals surface area (Å²) in [5.41, 5.74) is 0. The van der Waals surface area contributed by atoms with E-state index in [2.05, 4.69) is 30.6 Å². The lowest BCUT2D eigenvalue weighted by atomic mass is 10.1.